The second-order valence-corrected chi connectivity index (χ2v) is 4.53. The Bertz CT molecular complexity index is 272. The molecule has 0 aliphatic heterocycles. The second kappa shape index (κ2) is 6.42. The van der Waals surface area contributed by atoms with Gasteiger partial charge in [0, 0.05) is 0 Å². The smallest absolute Gasteiger partial charge is 0.308 e. The lowest BCUT2D eigenvalue weighted by atomic mass is 9.94. The lowest BCUT2D eigenvalue weighted by molar-refractivity contribution is -0.156. The predicted octanol–water partition coefficient (Wildman–Crippen LogP) is -0.193. The molecule has 0 heterocycles. The van der Waals surface area contributed by atoms with E-state index in [-0.39, 0.29) is 19.6 Å². The molecule has 1 atom stereocenters. The van der Waals surface area contributed by atoms with Crippen LogP contribution in [-0.2, 0) is 19.1 Å². The maximum Gasteiger partial charge on any atom is 0.308 e. The molecule has 90 valence electrons. The van der Waals surface area contributed by atoms with Gasteiger partial charge in [-0.3, -0.25) is 9.59 Å². The van der Waals surface area contributed by atoms with Crippen molar-refractivity contribution in [2.75, 3.05) is 0 Å². The van der Waals surface area contributed by atoms with Gasteiger partial charge >= 0.3 is 5.97 Å². The van der Waals surface area contributed by atoms with Gasteiger partial charge in [0.25, 0.3) is 7.41 Å². The van der Waals surface area contributed by atoms with Crippen molar-refractivity contribution in [2.45, 2.75) is 45.8 Å². The van der Waals surface area contributed by atoms with Crippen molar-refractivity contribution < 1.29 is 19.1 Å². The van der Waals surface area contributed by atoms with Crippen molar-refractivity contribution in [1.29, 1.82) is 0 Å². The number of carbonyl (C=O) groups excluding carboxylic acids is 3. The summed E-state index contributed by atoms with van der Waals surface area (Å²) >= 11 is 0. The minimum absolute atomic E-state index is 0.0487. The van der Waals surface area contributed by atoms with E-state index < -0.39 is 17.6 Å². The zero-order chi connectivity index (χ0) is 12.8. The quantitative estimate of drug-likeness (QED) is 0.386. The molecule has 0 aromatic rings. The van der Waals surface area contributed by atoms with E-state index in [1.807, 2.05) is 0 Å². The summed E-state index contributed by atoms with van der Waals surface area (Å²) < 4.78 is 5.08. The van der Waals surface area contributed by atoms with E-state index in [0.717, 1.165) is 0 Å². The fraction of sp³-hybridized carbons (Fsp3) is 0.700. The summed E-state index contributed by atoms with van der Waals surface area (Å²) in [6.45, 7) is 6.64. The number of ketones is 1. The summed E-state index contributed by atoms with van der Waals surface area (Å²) in [5, 5.41) is 2.67. The topological polar surface area (TPSA) is 72.5 Å². The molecule has 0 saturated heterocycles. The highest BCUT2D eigenvalue weighted by Crippen LogP contribution is 2.09. The first-order chi connectivity index (χ1) is 7.26. The zero-order valence-corrected chi connectivity index (χ0v) is 10.2. The van der Waals surface area contributed by atoms with Gasteiger partial charge in [0.2, 0.25) is 0 Å². The molecular weight excluding hydrogens is 209 g/mol. The molecule has 16 heavy (non-hydrogen) atoms. The zero-order valence-electron chi connectivity index (χ0n) is 10.2. The molecule has 0 radical (unpaired) electrons. The van der Waals surface area contributed by atoms with Crippen LogP contribution >= 0.6 is 0 Å². The van der Waals surface area contributed by atoms with Crippen LogP contribution in [0.3, 0.4) is 0 Å². The Balaban J connectivity index is 4.23. The molecule has 0 amide bonds. The summed E-state index contributed by atoms with van der Waals surface area (Å²) in [6.07, 6.45) is 0.589. The predicted molar refractivity (Wildman–Crippen MR) is 62.0 cm³/mol. The van der Waals surface area contributed by atoms with Gasteiger partial charge in [0.15, 0.2) is 0 Å². The van der Waals surface area contributed by atoms with E-state index in [1.165, 1.54) is 6.92 Å². The molecule has 0 aliphatic carbocycles. The van der Waals surface area contributed by atoms with Gasteiger partial charge in [-0.2, -0.15) is 0 Å². The summed E-state index contributed by atoms with van der Waals surface area (Å²) in [5.41, 5.74) is -0.566. The highest BCUT2D eigenvalue weighted by molar-refractivity contribution is 6.64. The van der Waals surface area contributed by atoms with Gasteiger partial charge in [0.05, 0.1) is 18.6 Å². The maximum absolute atomic E-state index is 11.4. The van der Waals surface area contributed by atoms with Crippen molar-refractivity contribution in [1.82, 2.24) is 5.23 Å². The van der Waals surface area contributed by atoms with Crippen LogP contribution < -0.4 is 5.23 Å². The fourth-order valence-corrected chi connectivity index (χ4v) is 1.10. The van der Waals surface area contributed by atoms with E-state index in [9.17, 15) is 14.4 Å². The van der Waals surface area contributed by atoms with Crippen LogP contribution in [0.2, 0.25) is 0 Å². The number of hydrogen-bond donors (Lipinski definition) is 1. The molecule has 0 rings (SSSR count). The summed E-state index contributed by atoms with van der Waals surface area (Å²) in [5.74, 6) is -0.640. The minimum atomic E-state index is -0.653. The standard InChI is InChI=1S/C10H18BNO4/c1-7(14)8(12-11-6-13)5-9(15)16-10(2,3)4/h6,8,11-12H,5H2,1-4H3/t8-/m1/s1. The highest BCUT2D eigenvalue weighted by atomic mass is 16.6. The average molecular weight is 227 g/mol. The minimum Gasteiger partial charge on any atom is -0.460 e. The molecule has 1 N–H and O–H groups in total. The first kappa shape index (κ1) is 14.8. The Kier molecular flexibility index (Phi) is 5.96. The first-order valence-corrected chi connectivity index (χ1v) is 5.15. The van der Waals surface area contributed by atoms with Crippen molar-refractivity contribution in [3.8, 4) is 0 Å². The molecule has 0 spiro atoms. The van der Waals surface area contributed by atoms with E-state index in [1.54, 1.807) is 20.8 Å². The maximum atomic E-state index is 11.4. The van der Waals surface area contributed by atoms with Crippen molar-refractivity contribution in [3.63, 3.8) is 0 Å². The number of esters is 1. The molecule has 0 aliphatic rings. The summed E-state index contributed by atoms with van der Waals surface area (Å²) in [4.78, 5) is 32.8. The van der Waals surface area contributed by atoms with E-state index in [4.69, 9.17) is 4.74 Å². The lowest BCUT2D eigenvalue weighted by Gasteiger charge is -2.21. The Morgan fingerprint density at radius 3 is 2.38 bits per heavy atom. The molecule has 0 saturated carbocycles. The SMILES string of the molecule is CC(=O)[C@@H](CC(=O)OC(C)(C)C)NBC=O. The molecule has 0 fully saturated rings. The molecule has 5 nitrogen and oxygen atoms in total. The Morgan fingerprint density at radius 2 is 2.00 bits per heavy atom. The lowest BCUT2D eigenvalue weighted by Crippen LogP contribution is -2.41. The van der Waals surface area contributed by atoms with Crippen molar-refractivity contribution in [3.05, 3.63) is 0 Å². The Morgan fingerprint density at radius 1 is 1.44 bits per heavy atom. The van der Waals surface area contributed by atoms with Crippen molar-refractivity contribution in [2.24, 2.45) is 0 Å². The van der Waals surface area contributed by atoms with Gasteiger partial charge in [-0.25, -0.2) is 0 Å². The van der Waals surface area contributed by atoms with Crippen molar-refractivity contribution >= 4 is 25.4 Å². The van der Waals surface area contributed by atoms with Crippen LogP contribution in [0.4, 0.5) is 0 Å². The Hall–Kier alpha value is -1.17. The van der Waals surface area contributed by atoms with Crippen LogP contribution in [0.25, 0.3) is 0 Å². The molecule has 6 heteroatoms. The number of nitrogens with one attached hydrogen (secondary N) is 1. The molecule has 0 bridgehead atoms. The van der Waals surface area contributed by atoms with Gasteiger partial charge in [-0.05, 0) is 27.7 Å². The third-order valence-corrected chi connectivity index (χ3v) is 1.73. The number of Topliss-reactive ketones (excluding diaryl/α,β-unsaturated/α-hetero) is 1. The fourth-order valence-electron chi connectivity index (χ4n) is 1.10. The number of ether oxygens (including phenoxy) is 1. The van der Waals surface area contributed by atoms with Gasteiger partial charge in [0.1, 0.15) is 11.4 Å². The van der Waals surface area contributed by atoms with Gasteiger partial charge in [-0.1, -0.05) is 0 Å². The number of rotatable bonds is 6. The van der Waals surface area contributed by atoms with E-state index >= 15 is 0 Å². The number of carbonyl (C=O) groups is 3. The van der Waals surface area contributed by atoms with E-state index in [0.29, 0.717) is 6.19 Å². The largest absolute Gasteiger partial charge is 0.460 e. The Labute approximate surface area is 96.2 Å². The van der Waals surface area contributed by atoms with Crippen LogP contribution in [0.15, 0.2) is 0 Å². The van der Waals surface area contributed by atoms with Crippen LogP contribution in [-0.4, -0.2) is 37.0 Å². The van der Waals surface area contributed by atoms with E-state index in [2.05, 4.69) is 5.23 Å². The summed E-state index contributed by atoms with van der Waals surface area (Å²) in [6, 6.07) is -0.653. The van der Waals surface area contributed by atoms with Crippen LogP contribution in [0.1, 0.15) is 34.1 Å². The highest BCUT2D eigenvalue weighted by Gasteiger charge is 2.22. The van der Waals surface area contributed by atoms with Crippen LogP contribution in [0.5, 0.6) is 0 Å². The van der Waals surface area contributed by atoms with Gasteiger partial charge in [-0.15, -0.1) is 0 Å². The molecule has 0 unspecified atom stereocenters. The van der Waals surface area contributed by atoms with Gasteiger partial charge < -0.3 is 14.8 Å². The molecule has 0 aromatic carbocycles. The summed E-state index contributed by atoms with van der Waals surface area (Å²) in [7, 11) is 0.0487. The average Bonchev–Trinajstić information content (AvgIpc) is 2.08. The molecule has 0 aromatic heterocycles. The van der Waals surface area contributed by atoms with Crippen LogP contribution in [0, 0.1) is 0 Å². The molecular formula is C10H18BNO4. The monoisotopic (exact) mass is 227 g/mol. The first-order valence-electron chi connectivity index (χ1n) is 5.15. The third-order valence-electron chi connectivity index (χ3n) is 1.73. The second-order valence-electron chi connectivity index (χ2n) is 4.53. The number of hydrogen-bond acceptors (Lipinski definition) is 5. The third kappa shape index (κ3) is 7.17. The normalized spacial score (nSPS) is 12.8.